The summed E-state index contributed by atoms with van der Waals surface area (Å²) in [6.45, 7) is 23.4. The molecule has 0 aliphatic heterocycles. The van der Waals surface area contributed by atoms with Gasteiger partial charge in [0.15, 0.2) is 5.78 Å². The van der Waals surface area contributed by atoms with Crippen LogP contribution in [0.3, 0.4) is 0 Å². The first-order valence-electron chi connectivity index (χ1n) is 18.6. The first-order chi connectivity index (χ1) is 24.0. The van der Waals surface area contributed by atoms with Crippen molar-refractivity contribution in [1.29, 1.82) is 0 Å². The SMILES string of the molecule is CCC(C)(CC)C(=O)/C=C(\O)C(C)(CC)CC.[CH2-][n+]1ccc(-c2cncc3sc(CC(C)C)cc23)cc1-c1[c-]c2ccccc2c(C(C)(C)C)c1.[Ir]. The molecule has 5 aromatic rings. The second-order valence-electron chi connectivity index (χ2n) is 16.0. The number of hydrogen-bond donors (Lipinski definition) is 1. The number of aliphatic hydroxyl groups is 1. The van der Waals surface area contributed by atoms with E-state index in [1.54, 1.807) is 0 Å². The maximum atomic E-state index is 12.2. The van der Waals surface area contributed by atoms with Crippen LogP contribution < -0.4 is 4.57 Å². The Morgan fingerprint density at radius 3 is 2.15 bits per heavy atom. The minimum Gasteiger partial charge on any atom is -0.512 e. The van der Waals surface area contributed by atoms with Gasteiger partial charge < -0.3 is 9.67 Å². The van der Waals surface area contributed by atoms with Crippen molar-refractivity contribution in [2.24, 2.45) is 16.7 Å². The van der Waals surface area contributed by atoms with E-state index in [0.29, 0.717) is 5.92 Å². The summed E-state index contributed by atoms with van der Waals surface area (Å²) in [5, 5.41) is 13.8. The van der Waals surface area contributed by atoms with Crippen LogP contribution in [-0.4, -0.2) is 15.9 Å². The molecule has 281 valence electrons. The number of carbonyl (C=O) groups is 1. The number of thiophene rings is 1. The van der Waals surface area contributed by atoms with E-state index in [9.17, 15) is 9.90 Å². The maximum absolute atomic E-state index is 12.2. The zero-order chi connectivity index (χ0) is 37.7. The van der Waals surface area contributed by atoms with Crippen molar-refractivity contribution < 1.29 is 34.6 Å². The molecule has 0 aliphatic carbocycles. The zero-order valence-electron chi connectivity index (χ0n) is 33.2. The third kappa shape index (κ3) is 9.61. The minimum atomic E-state index is -0.337. The van der Waals surface area contributed by atoms with Gasteiger partial charge in [0, 0.05) is 72.3 Å². The summed E-state index contributed by atoms with van der Waals surface area (Å²) in [6, 6.07) is 21.2. The summed E-state index contributed by atoms with van der Waals surface area (Å²) in [5.41, 5.74) is 5.17. The summed E-state index contributed by atoms with van der Waals surface area (Å²) in [6.07, 6.45) is 11.9. The summed E-state index contributed by atoms with van der Waals surface area (Å²) >= 11 is 1.86. The third-order valence-corrected chi connectivity index (χ3v) is 12.0. The molecule has 5 rings (SSSR count). The average Bonchev–Trinajstić information content (AvgIpc) is 3.52. The van der Waals surface area contributed by atoms with Gasteiger partial charge in [-0.25, -0.2) is 0 Å². The van der Waals surface area contributed by atoms with Crippen molar-refractivity contribution in [3.8, 4) is 22.4 Å². The van der Waals surface area contributed by atoms with Crippen molar-refractivity contribution in [3.63, 3.8) is 0 Å². The minimum absolute atomic E-state index is 0. The van der Waals surface area contributed by atoms with Crippen molar-refractivity contribution in [1.82, 2.24) is 4.98 Å². The summed E-state index contributed by atoms with van der Waals surface area (Å²) in [5.74, 6) is 0.923. The van der Waals surface area contributed by atoms with E-state index in [1.807, 2.05) is 76.0 Å². The number of benzene rings is 2. The van der Waals surface area contributed by atoms with Crippen LogP contribution >= 0.6 is 11.3 Å². The van der Waals surface area contributed by atoms with Crippen LogP contribution in [0.1, 0.15) is 112 Å². The van der Waals surface area contributed by atoms with Gasteiger partial charge in [0.25, 0.3) is 0 Å². The molecule has 0 fully saturated rings. The predicted molar refractivity (Wildman–Crippen MR) is 218 cm³/mol. The quantitative estimate of drug-likeness (QED) is 0.0622. The van der Waals surface area contributed by atoms with Crippen LogP contribution in [0, 0.1) is 29.9 Å². The number of nitrogens with zero attached hydrogens (tertiary/aromatic N) is 2. The van der Waals surface area contributed by atoms with Gasteiger partial charge >= 0.3 is 0 Å². The van der Waals surface area contributed by atoms with E-state index in [-0.39, 0.29) is 47.9 Å². The normalized spacial score (nSPS) is 12.5. The van der Waals surface area contributed by atoms with Crippen LogP contribution in [0.2, 0.25) is 0 Å². The van der Waals surface area contributed by atoms with Gasteiger partial charge in [0.1, 0.15) is 11.5 Å². The zero-order valence-corrected chi connectivity index (χ0v) is 36.5. The van der Waals surface area contributed by atoms with Crippen molar-refractivity contribution in [3.05, 3.63) is 103 Å². The molecule has 0 saturated heterocycles. The Balaban J connectivity index is 0.000000347. The molecule has 0 unspecified atom stereocenters. The van der Waals surface area contributed by atoms with Crippen LogP contribution in [0.15, 0.2) is 79.0 Å². The second kappa shape index (κ2) is 17.7. The van der Waals surface area contributed by atoms with Crippen LogP contribution in [0.4, 0.5) is 0 Å². The van der Waals surface area contributed by atoms with E-state index in [4.69, 9.17) is 0 Å². The number of allylic oxidation sites excluding steroid dienone is 2. The number of aliphatic hydroxyl groups excluding tert-OH is 1. The van der Waals surface area contributed by atoms with Gasteiger partial charge in [-0.05, 0) is 67.2 Å². The molecule has 1 N–H and O–H groups in total. The van der Waals surface area contributed by atoms with Crippen molar-refractivity contribution >= 4 is 38.0 Å². The number of carbonyl (C=O) groups excluding carboxylic acids is 1. The molecular formula is C46H59IrN2O2S-. The number of pyridine rings is 2. The molecule has 0 saturated carbocycles. The van der Waals surface area contributed by atoms with E-state index >= 15 is 0 Å². The fraction of sp³-hybridized carbons (Fsp3) is 0.435. The molecular weight excluding hydrogens is 837 g/mol. The average molecular weight is 896 g/mol. The maximum Gasteiger partial charge on any atom is 0.164 e. The Morgan fingerprint density at radius 2 is 1.56 bits per heavy atom. The summed E-state index contributed by atoms with van der Waals surface area (Å²) in [4.78, 5) is 18.2. The van der Waals surface area contributed by atoms with Gasteiger partial charge in [-0.15, -0.1) is 40.5 Å². The first-order valence-corrected chi connectivity index (χ1v) is 19.5. The molecule has 0 atom stereocenters. The third-order valence-electron chi connectivity index (χ3n) is 10.9. The number of hydrogen-bond acceptors (Lipinski definition) is 4. The molecule has 0 amide bonds. The molecule has 6 heteroatoms. The second-order valence-corrected chi connectivity index (χ2v) is 17.2. The Morgan fingerprint density at radius 1 is 0.923 bits per heavy atom. The Kier molecular flexibility index (Phi) is 14.6. The van der Waals surface area contributed by atoms with Gasteiger partial charge in [0.2, 0.25) is 0 Å². The van der Waals surface area contributed by atoms with E-state index in [1.165, 1.54) is 37.6 Å². The fourth-order valence-corrected chi connectivity index (χ4v) is 7.62. The Hall–Kier alpha value is -3.31. The molecule has 3 aromatic heterocycles. The van der Waals surface area contributed by atoms with E-state index < -0.39 is 0 Å². The van der Waals surface area contributed by atoms with Gasteiger partial charge in [-0.3, -0.25) is 9.78 Å². The van der Waals surface area contributed by atoms with Gasteiger partial charge in [-0.1, -0.05) is 105 Å². The topological polar surface area (TPSA) is 54.1 Å². The smallest absolute Gasteiger partial charge is 0.164 e. The van der Waals surface area contributed by atoms with E-state index in [2.05, 4.69) is 101 Å². The molecule has 3 heterocycles. The Labute approximate surface area is 331 Å². The molecule has 0 aliphatic rings. The van der Waals surface area contributed by atoms with Crippen molar-refractivity contribution in [2.75, 3.05) is 0 Å². The fourth-order valence-electron chi connectivity index (χ4n) is 6.35. The van der Waals surface area contributed by atoms with Gasteiger partial charge in [0.05, 0.1) is 10.9 Å². The van der Waals surface area contributed by atoms with Gasteiger partial charge in [-0.2, -0.15) is 0 Å². The van der Waals surface area contributed by atoms with Crippen LogP contribution in [0.25, 0.3) is 43.2 Å². The molecule has 4 nitrogen and oxygen atoms in total. The van der Waals surface area contributed by atoms with E-state index in [0.717, 1.165) is 54.3 Å². The Bertz CT molecular complexity index is 2010. The van der Waals surface area contributed by atoms with Crippen molar-refractivity contribution in [2.45, 2.75) is 114 Å². The molecule has 0 spiro atoms. The number of rotatable bonds is 11. The molecule has 2 aromatic carbocycles. The number of fused-ring (bicyclic) bond motifs is 2. The van der Waals surface area contributed by atoms with Crippen LogP contribution in [0.5, 0.6) is 0 Å². The molecule has 1 radical (unpaired) electrons. The number of ketones is 1. The monoisotopic (exact) mass is 896 g/mol. The molecule has 52 heavy (non-hydrogen) atoms. The molecule has 0 bridgehead atoms. The summed E-state index contributed by atoms with van der Waals surface area (Å²) < 4.78 is 3.19. The summed E-state index contributed by atoms with van der Waals surface area (Å²) in [7, 11) is 4.29. The first kappa shape index (κ1) is 43.1. The standard InChI is InChI=1S/C31H31N2S.C15H28O2.Ir/c1-20(2)13-24-17-26-27(18-32-19-30(26)34-24)22-11-12-33(6)29(16-22)23-14-21-9-7-8-10-25(21)28(15-23)31(3,4)5;1-7-14(5,8-2)12(16)11-13(17)15(6,9-3)10-4;/h7-12,15-20H,6,13H2,1-5H3;11,16H,7-10H2,1-6H3;/q-1;;/b;12-11-;. The predicted octanol–water partition coefficient (Wildman–Crippen LogP) is 12.7. The number of aromatic nitrogens is 2. The largest absolute Gasteiger partial charge is 0.512 e. The van der Waals surface area contributed by atoms with Crippen LogP contribution in [-0.2, 0) is 36.7 Å².